The van der Waals surface area contributed by atoms with Crippen molar-refractivity contribution in [1.82, 2.24) is 0 Å². The third kappa shape index (κ3) is 4.33. The summed E-state index contributed by atoms with van der Waals surface area (Å²) in [5.74, 6) is 0.0774. The van der Waals surface area contributed by atoms with Crippen LogP contribution in [-0.2, 0) is 4.79 Å². The molecule has 1 fully saturated rings. The summed E-state index contributed by atoms with van der Waals surface area (Å²) in [6.45, 7) is 7.86. The Morgan fingerprint density at radius 2 is 1.84 bits per heavy atom. The summed E-state index contributed by atoms with van der Waals surface area (Å²) in [6, 6.07) is 15.6. The van der Waals surface area contributed by atoms with E-state index in [0.717, 1.165) is 36.9 Å². The van der Waals surface area contributed by atoms with E-state index < -0.39 is 0 Å². The van der Waals surface area contributed by atoms with Crippen molar-refractivity contribution in [1.29, 1.82) is 0 Å². The van der Waals surface area contributed by atoms with Crippen molar-refractivity contribution in [3.63, 3.8) is 0 Å². The Balaban J connectivity index is 1.58. The van der Waals surface area contributed by atoms with E-state index in [1.54, 1.807) is 0 Å². The lowest BCUT2D eigenvalue weighted by Crippen LogP contribution is -3.19. The number of hydrogen-bond donors (Lipinski definition) is 2. The monoisotopic (exact) mass is 358 g/mol. The molecule has 5 heteroatoms. The van der Waals surface area contributed by atoms with E-state index in [2.05, 4.69) is 23.2 Å². The molecule has 0 saturated carbocycles. The van der Waals surface area contributed by atoms with Crippen molar-refractivity contribution in [2.75, 3.05) is 36.4 Å². The lowest BCUT2D eigenvalue weighted by molar-refractivity contribution is -0.914. The number of hydrogen-bond acceptors (Lipinski definition) is 2. The van der Waals surface area contributed by atoms with Gasteiger partial charge in [0.05, 0.1) is 26.2 Å². The predicted octanol–water partition coefficient (Wildman–Crippen LogP) is 2.38. The van der Waals surface area contributed by atoms with E-state index in [1.807, 2.05) is 49.4 Å². The Morgan fingerprint density at radius 1 is 1.16 bits per heavy atom. The molecule has 1 saturated heterocycles. The van der Waals surface area contributed by atoms with Gasteiger partial charge in [0.25, 0.3) is 5.91 Å². The van der Waals surface area contributed by atoms with Crippen LogP contribution in [0.2, 0.25) is 5.02 Å². The third-order valence-corrected chi connectivity index (χ3v) is 5.20. The fourth-order valence-corrected chi connectivity index (χ4v) is 3.51. The number of anilines is 2. The minimum absolute atomic E-state index is 0.0668. The first-order chi connectivity index (χ1) is 12.0. The second-order valence-electron chi connectivity index (χ2n) is 6.65. The summed E-state index contributed by atoms with van der Waals surface area (Å²) >= 11 is 6.15. The number of rotatable bonds is 4. The number of aryl methyl sites for hydroxylation is 1. The minimum Gasteiger partial charge on any atom is -0.360 e. The minimum atomic E-state index is -0.0668. The highest BCUT2D eigenvalue weighted by Gasteiger charge is 2.29. The number of para-hydroxylation sites is 1. The van der Waals surface area contributed by atoms with Crippen molar-refractivity contribution < 1.29 is 9.69 Å². The number of amides is 1. The molecule has 0 aromatic heterocycles. The molecule has 0 radical (unpaired) electrons. The first-order valence-corrected chi connectivity index (χ1v) is 9.14. The van der Waals surface area contributed by atoms with Crippen molar-refractivity contribution in [2.45, 2.75) is 19.9 Å². The Morgan fingerprint density at radius 3 is 2.52 bits per heavy atom. The highest BCUT2D eigenvalue weighted by Crippen LogP contribution is 2.24. The van der Waals surface area contributed by atoms with Gasteiger partial charge >= 0.3 is 0 Å². The van der Waals surface area contributed by atoms with Crippen LogP contribution in [0.5, 0.6) is 0 Å². The van der Waals surface area contributed by atoms with Gasteiger partial charge in [-0.2, -0.15) is 0 Å². The van der Waals surface area contributed by atoms with Crippen molar-refractivity contribution >= 4 is 28.9 Å². The van der Waals surface area contributed by atoms with Gasteiger partial charge in [0.1, 0.15) is 0 Å². The molecule has 2 N–H and O–H groups in total. The number of halogens is 1. The summed E-state index contributed by atoms with van der Waals surface area (Å²) in [5.41, 5.74) is 3.29. The molecule has 0 bridgehead atoms. The quantitative estimate of drug-likeness (QED) is 0.880. The zero-order valence-corrected chi connectivity index (χ0v) is 15.5. The number of carbonyl (C=O) groups excluding carboxylic acids is 1. The first-order valence-electron chi connectivity index (χ1n) is 8.76. The van der Waals surface area contributed by atoms with Gasteiger partial charge in [-0.15, -0.1) is 0 Å². The van der Waals surface area contributed by atoms with Gasteiger partial charge in [-0.25, -0.2) is 0 Å². The molecule has 1 aliphatic heterocycles. The number of quaternary nitrogens is 1. The SMILES string of the molecule is Cc1ccc(Cl)cc1N1CC[NH+]([C@@H](C)C(=O)Nc2ccccc2)CC1. The van der Waals surface area contributed by atoms with Gasteiger partial charge in [-0.3, -0.25) is 4.79 Å². The average Bonchev–Trinajstić information content (AvgIpc) is 2.64. The average molecular weight is 359 g/mol. The van der Waals surface area contributed by atoms with Crippen LogP contribution < -0.4 is 15.1 Å². The zero-order valence-electron chi connectivity index (χ0n) is 14.8. The van der Waals surface area contributed by atoms with E-state index in [-0.39, 0.29) is 11.9 Å². The van der Waals surface area contributed by atoms with Crippen molar-refractivity contribution in [3.8, 4) is 0 Å². The number of benzene rings is 2. The number of nitrogens with one attached hydrogen (secondary N) is 2. The van der Waals surface area contributed by atoms with Crippen LogP contribution in [0.4, 0.5) is 11.4 Å². The summed E-state index contributed by atoms with van der Waals surface area (Å²) in [5, 5.41) is 3.78. The van der Waals surface area contributed by atoms with Gasteiger partial charge in [0.2, 0.25) is 0 Å². The fourth-order valence-electron chi connectivity index (χ4n) is 3.35. The molecule has 1 aliphatic rings. The smallest absolute Gasteiger partial charge is 0.282 e. The standard InChI is InChI=1S/C20H24ClN3O/c1-15-8-9-17(21)14-19(15)24-12-10-23(11-13-24)16(2)20(25)22-18-6-4-3-5-7-18/h3-9,14,16H,10-13H2,1-2H3,(H,22,25)/p+1/t16-/m0/s1. The van der Waals surface area contributed by atoms with Crippen LogP contribution in [0, 0.1) is 6.92 Å². The second-order valence-corrected chi connectivity index (χ2v) is 7.09. The van der Waals surface area contributed by atoms with Gasteiger partial charge in [0, 0.05) is 16.4 Å². The number of piperazine rings is 1. The molecule has 0 spiro atoms. The van der Waals surface area contributed by atoms with E-state index in [0.29, 0.717) is 0 Å². The largest absolute Gasteiger partial charge is 0.360 e. The van der Waals surface area contributed by atoms with Crippen LogP contribution in [0.1, 0.15) is 12.5 Å². The molecule has 2 aromatic rings. The van der Waals surface area contributed by atoms with Gasteiger partial charge < -0.3 is 15.1 Å². The predicted molar refractivity (Wildman–Crippen MR) is 104 cm³/mol. The summed E-state index contributed by atoms with van der Waals surface area (Å²) in [6.07, 6.45) is 0. The highest BCUT2D eigenvalue weighted by atomic mass is 35.5. The fraction of sp³-hybridized carbons (Fsp3) is 0.350. The lowest BCUT2D eigenvalue weighted by Gasteiger charge is -2.36. The third-order valence-electron chi connectivity index (χ3n) is 4.96. The van der Waals surface area contributed by atoms with Gasteiger partial charge in [0.15, 0.2) is 6.04 Å². The van der Waals surface area contributed by atoms with Crippen LogP contribution >= 0.6 is 11.6 Å². The second kappa shape index (κ2) is 7.89. The highest BCUT2D eigenvalue weighted by molar-refractivity contribution is 6.30. The Labute approximate surface area is 154 Å². The van der Waals surface area contributed by atoms with E-state index in [9.17, 15) is 4.79 Å². The summed E-state index contributed by atoms with van der Waals surface area (Å²) in [4.78, 5) is 16.2. The summed E-state index contributed by atoms with van der Waals surface area (Å²) in [7, 11) is 0. The zero-order chi connectivity index (χ0) is 17.8. The molecule has 1 heterocycles. The van der Waals surface area contributed by atoms with Crippen LogP contribution in [0.3, 0.4) is 0 Å². The molecule has 3 rings (SSSR count). The molecular formula is C20H25ClN3O+. The van der Waals surface area contributed by atoms with E-state index in [1.165, 1.54) is 16.2 Å². The Bertz CT molecular complexity index is 727. The Hall–Kier alpha value is -2.04. The molecule has 0 unspecified atom stereocenters. The van der Waals surface area contributed by atoms with Crippen molar-refractivity contribution in [2.24, 2.45) is 0 Å². The molecule has 2 aromatic carbocycles. The van der Waals surface area contributed by atoms with E-state index >= 15 is 0 Å². The molecule has 0 aliphatic carbocycles. The van der Waals surface area contributed by atoms with Crippen LogP contribution in [0.15, 0.2) is 48.5 Å². The normalized spacial score (nSPS) is 16.5. The number of carbonyl (C=O) groups is 1. The summed E-state index contributed by atoms with van der Waals surface area (Å²) < 4.78 is 0. The molecular weight excluding hydrogens is 334 g/mol. The maximum atomic E-state index is 12.5. The van der Waals surface area contributed by atoms with E-state index in [4.69, 9.17) is 11.6 Å². The first kappa shape index (κ1) is 17.8. The molecule has 132 valence electrons. The van der Waals surface area contributed by atoms with Gasteiger partial charge in [-0.1, -0.05) is 35.9 Å². The Kier molecular flexibility index (Phi) is 5.61. The molecule has 1 atom stereocenters. The van der Waals surface area contributed by atoms with Crippen LogP contribution in [-0.4, -0.2) is 38.1 Å². The number of nitrogens with zero attached hydrogens (tertiary/aromatic N) is 1. The molecule has 4 nitrogen and oxygen atoms in total. The maximum absolute atomic E-state index is 12.5. The maximum Gasteiger partial charge on any atom is 0.282 e. The van der Waals surface area contributed by atoms with Gasteiger partial charge in [-0.05, 0) is 43.7 Å². The molecule has 1 amide bonds. The lowest BCUT2D eigenvalue weighted by atomic mass is 10.1. The topological polar surface area (TPSA) is 36.8 Å². The van der Waals surface area contributed by atoms with Crippen LogP contribution in [0.25, 0.3) is 0 Å². The van der Waals surface area contributed by atoms with Crippen molar-refractivity contribution in [3.05, 3.63) is 59.1 Å². The molecule has 25 heavy (non-hydrogen) atoms.